The van der Waals surface area contributed by atoms with Crippen molar-refractivity contribution in [2.75, 3.05) is 5.32 Å². The predicted octanol–water partition coefficient (Wildman–Crippen LogP) is -0.617. The van der Waals surface area contributed by atoms with Gasteiger partial charge < -0.3 is 5.32 Å². The zero-order valence-electron chi connectivity index (χ0n) is 4.90. The first-order valence-electron chi connectivity index (χ1n) is 2.39. The first-order valence-corrected chi connectivity index (χ1v) is 2.39. The molecule has 0 bridgehead atoms. The van der Waals surface area contributed by atoms with Gasteiger partial charge in [-0.2, -0.15) is 9.90 Å². The highest BCUT2D eigenvalue weighted by Crippen LogP contribution is 1.93. The van der Waals surface area contributed by atoms with Gasteiger partial charge in [-0.25, -0.2) is 0 Å². The standard InChI is InChI=1S/C4H6N4O/c1-8-6-2-4(7-8)5-3-9/h2-3H,1H3,(H,5,7,9). The van der Waals surface area contributed by atoms with Gasteiger partial charge in [-0.05, 0) is 0 Å². The molecule has 1 rings (SSSR count). The molecule has 1 heterocycles. The van der Waals surface area contributed by atoms with Gasteiger partial charge in [0.2, 0.25) is 6.41 Å². The Morgan fingerprint density at radius 3 is 3.11 bits per heavy atom. The molecule has 0 aliphatic heterocycles. The van der Waals surface area contributed by atoms with Crippen molar-refractivity contribution in [1.29, 1.82) is 0 Å². The molecular weight excluding hydrogens is 120 g/mol. The van der Waals surface area contributed by atoms with Crippen LogP contribution in [0.4, 0.5) is 5.82 Å². The molecule has 1 aromatic rings. The zero-order chi connectivity index (χ0) is 6.69. The van der Waals surface area contributed by atoms with Crippen molar-refractivity contribution in [3.05, 3.63) is 6.20 Å². The summed E-state index contributed by atoms with van der Waals surface area (Å²) >= 11 is 0. The summed E-state index contributed by atoms with van der Waals surface area (Å²) in [6.45, 7) is 0. The van der Waals surface area contributed by atoms with Crippen LogP contribution in [0, 0.1) is 0 Å². The van der Waals surface area contributed by atoms with Gasteiger partial charge in [-0.15, -0.1) is 5.10 Å². The molecule has 0 saturated carbocycles. The van der Waals surface area contributed by atoms with Gasteiger partial charge in [0, 0.05) is 7.05 Å². The zero-order valence-corrected chi connectivity index (χ0v) is 4.90. The van der Waals surface area contributed by atoms with Crippen LogP contribution in [0.1, 0.15) is 0 Å². The smallest absolute Gasteiger partial charge is 0.212 e. The van der Waals surface area contributed by atoms with Crippen molar-refractivity contribution < 1.29 is 4.79 Å². The van der Waals surface area contributed by atoms with E-state index in [0.29, 0.717) is 12.2 Å². The maximum atomic E-state index is 9.80. The summed E-state index contributed by atoms with van der Waals surface area (Å²) in [5.74, 6) is 0.465. The predicted molar refractivity (Wildman–Crippen MR) is 30.7 cm³/mol. The van der Waals surface area contributed by atoms with Crippen molar-refractivity contribution >= 4 is 12.2 Å². The van der Waals surface area contributed by atoms with E-state index < -0.39 is 0 Å². The van der Waals surface area contributed by atoms with Crippen molar-refractivity contribution in [1.82, 2.24) is 15.0 Å². The number of carbonyl (C=O) groups excluding carboxylic acids is 1. The summed E-state index contributed by atoms with van der Waals surface area (Å²) in [6, 6.07) is 0. The summed E-state index contributed by atoms with van der Waals surface area (Å²) < 4.78 is 0. The van der Waals surface area contributed by atoms with Gasteiger partial charge in [0.25, 0.3) is 0 Å². The lowest BCUT2D eigenvalue weighted by molar-refractivity contribution is -0.105. The van der Waals surface area contributed by atoms with Gasteiger partial charge in [0.05, 0.1) is 6.20 Å². The highest BCUT2D eigenvalue weighted by atomic mass is 16.1. The van der Waals surface area contributed by atoms with E-state index in [1.165, 1.54) is 11.0 Å². The fourth-order valence-corrected chi connectivity index (χ4v) is 0.472. The Morgan fingerprint density at radius 2 is 2.67 bits per heavy atom. The Balaban J connectivity index is 2.72. The molecule has 48 valence electrons. The van der Waals surface area contributed by atoms with Crippen LogP contribution < -0.4 is 5.32 Å². The van der Waals surface area contributed by atoms with Crippen LogP contribution in [0.25, 0.3) is 0 Å². The monoisotopic (exact) mass is 126 g/mol. The second-order valence-corrected chi connectivity index (χ2v) is 1.48. The number of nitrogens with one attached hydrogen (secondary N) is 1. The molecule has 5 nitrogen and oxygen atoms in total. The van der Waals surface area contributed by atoms with Crippen molar-refractivity contribution in [2.24, 2.45) is 7.05 Å². The quantitative estimate of drug-likeness (QED) is 0.537. The van der Waals surface area contributed by atoms with Crippen molar-refractivity contribution in [2.45, 2.75) is 0 Å². The van der Waals surface area contributed by atoms with Crippen molar-refractivity contribution in [3.63, 3.8) is 0 Å². The highest BCUT2D eigenvalue weighted by Gasteiger charge is 1.91. The van der Waals surface area contributed by atoms with Crippen molar-refractivity contribution in [3.8, 4) is 0 Å². The second-order valence-electron chi connectivity index (χ2n) is 1.48. The maximum Gasteiger partial charge on any atom is 0.212 e. The number of carbonyl (C=O) groups is 1. The summed E-state index contributed by atoms with van der Waals surface area (Å²) in [4.78, 5) is 11.2. The molecule has 0 radical (unpaired) electrons. The number of aromatic nitrogens is 3. The summed E-state index contributed by atoms with van der Waals surface area (Å²) in [7, 11) is 1.68. The molecule has 0 unspecified atom stereocenters. The van der Waals surface area contributed by atoms with Gasteiger partial charge in [-0.1, -0.05) is 0 Å². The van der Waals surface area contributed by atoms with E-state index in [2.05, 4.69) is 15.5 Å². The van der Waals surface area contributed by atoms with Crippen LogP contribution >= 0.6 is 0 Å². The fraction of sp³-hybridized carbons (Fsp3) is 0.250. The van der Waals surface area contributed by atoms with E-state index in [1.54, 1.807) is 7.05 Å². The number of rotatable bonds is 2. The maximum absolute atomic E-state index is 9.80. The Labute approximate surface area is 51.7 Å². The Hall–Kier alpha value is -1.39. The molecule has 0 aliphatic carbocycles. The Morgan fingerprint density at radius 1 is 1.89 bits per heavy atom. The lowest BCUT2D eigenvalue weighted by atomic mass is 10.8. The molecule has 9 heavy (non-hydrogen) atoms. The fourth-order valence-electron chi connectivity index (χ4n) is 0.472. The summed E-state index contributed by atoms with van der Waals surface area (Å²) in [5.41, 5.74) is 0. The molecule has 0 aliphatic rings. The average molecular weight is 126 g/mol. The minimum Gasteiger partial charge on any atom is -0.310 e. The first kappa shape index (κ1) is 5.74. The minimum atomic E-state index is 0.465. The molecule has 1 N–H and O–H groups in total. The lowest BCUT2D eigenvalue weighted by Gasteiger charge is -1.84. The third kappa shape index (κ3) is 1.25. The van der Waals surface area contributed by atoms with E-state index >= 15 is 0 Å². The average Bonchev–Trinajstić information content (AvgIpc) is 2.17. The van der Waals surface area contributed by atoms with Gasteiger partial charge in [0.1, 0.15) is 0 Å². The highest BCUT2D eigenvalue weighted by molar-refractivity contribution is 5.67. The van der Waals surface area contributed by atoms with Crippen LogP contribution in [0.15, 0.2) is 6.20 Å². The molecule has 0 atom stereocenters. The molecule has 0 fully saturated rings. The number of hydrogen-bond donors (Lipinski definition) is 1. The molecule has 5 heteroatoms. The van der Waals surface area contributed by atoms with Gasteiger partial charge >= 0.3 is 0 Å². The van der Waals surface area contributed by atoms with Crippen LogP contribution in [-0.4, -0.2) is 21.4 Å². The topological polar surface area (TPSA) is 59.8 Å². The van der Waals surface area contributed by atoms with Crippen LogP contribution in [0.2, 0.25) is 0 Å². The SMILES string of the molecule is Cn1ncc(NC=O)n1. The third-order valence-electron chi connectivity index (χ3n) is 0.806. The van der Waals surface area contributed by atoms with Crippen LogP contribution in [0.5, 0.6) is 0 Å². The van der Waals surface area contributed by atoms with E-state index in [9.17, 15) is 4.79 Å². The summed E-state index contributed by atoms with van der Waals surface area (Å²) in [6.07, 6.45) is 2.03. The Bertz CT molecular complexity index is 206. The number of aryl methyl sites for hydroxylation is 1. The van der Waals surface area contributed by atoms with Crippen LogP contribution in [0.3, 0.4) is 0 Å². The first-order chi connectivity index (χ1) is 4.33. The number of amides is 1. The number of hydrogen-bond acceptors (Lipinski definition) is 3. The molecule has 0 saturated heterocycles. The Kier molecular flexibility index (Phi) is 1.44. The summed E-state index contributed by atoms with van der Waals surface area (Å²) in [5, 5.41) is 9.84. The molecule has 0 spiro atoms. The third-order valence-corrected chi connectivity index (χ3v) is 0.806. The van der Waals surface area contributed by atoms with Crippen LogP contribution in [-0.2, 0) is 11.8 Å². The molecular formula is C4H6N4O. The molecule has 0 aromatic carbocycles. The van der Waals surface area contributed by atoms with E-state index in [1.807, 2.05) is 0 Å². The second kappa shape index (κ2) is 2.25. The minimum absolute atomic E-state index is 0.465. The van der Waals surface area contributed by atoms with Gasteiger partial charge in [-0.3, -0.25) is 4.79 Å². The van der Waals surface area contributed by atoms with E-state index in [4.69, 9.17) is 0 Å². The largest absolute Gasteiger partial charge is 0.310 e. The number of anilines is 1. The van der Waals surface area contributed by atoms with Gasteiger partial charge in [0.15, 0.2) is 5.82 Å². The van der Waals surface area contributed by atoms with E-state index in [-0.39, 0.29) is 0 Å². The molecule has 1 aromatic heterocycles. The lowest BCUT2D eigenvalue weighted by Crippen LogP contribution is -1.96. The molecule has 1 amide bonds. The van der Waals surface area contributed by atoms with E-state index in [0.717, 1.165) is 0 Å². The number of nitrogens with zero attached hydrogens (tertiary/aromatic N) is 3. The normalized spacial score (nSPS) is 9.00.